The zero-order valence-electron chi connectivity index (χ0n) is 86.2. The Bertz CT molecular complexity index is 9690. The van der Waals surface area contributed by atoms with Crippen LogP contribution in [0.5, 0.6) is 0 Å². The summed E-state index contributed by atoms with van der Waals surface area (Å²) < 4.78 is 21.5. The fourth-order valence-corrected chi connectivity index (χ4v) is 30.4. The van der Waals surface area contributed by atoms with Gasteiger partial charge in [-0.15, -0.1) is 0 Å². The molecule has 3 aromatic heterocycles. The molecule has 4 nitrogen and oxygen atoms in total. The van der Waals surface area contributed by atoms with Gasteiger partial charge < -0.3 is 18.2 Å². The van der Waals surface area contributed by atoms with Crippen molar-refractivity contribution in [2.75, 3.05) is 4.90 Å². The molecule has 8 aliphatic rings. The molecule has 20 aromatic carbocycles. The van der Waals surface area contributed by atoms with E-state index in [1.165, 1.54) is 266 Å². The molecule has 0 unspecified atom stereocenters. The van der Waals surface area contributed by atoms with Gasteiger partial charge in [0, 0.05) is 82.2 Å². The average Bonchev–Trinajstić information content (AvgIpc) is 1.48. The van der Waals surface area contributed by atoms with E-state index in [0.29, 0.717) is 0 Å². The van der Waals surface area contributed by atoms with E-state index in [1.54, 1.807) is 11.1 Å². The van der Waals surface area contributed by atoms with Gasteiger partial charge in [-0.2, -0.15) is 0 Å². The van der Waals surface area contributed by atoms with Gasteiger partial charge in [0.15, 0.2) is 0 Å². The van der Waals surface area contributed by atoms with Crippen LogP contribution in [0, 0.1) is 0 Å². The van der Waals surface area contributed by atoms with E-state index in [9.17, 15) is 0 Å². The van der Waals surface area contributed by atoms with Gasteiger partial charge in [0.05, 0.1) is 10.8 Å². The van der Waals surface area contributed by atoms with Gasteiger partial charge in [-0.1, -0.05) is 411 Å². The molecule has 0 N–H and O–H groups in total. The van der Waals surface area contributed by atoms with E-state index in [2.05, 4.69) is 455 Å². The Balaban J connectivity index is 0.550. The summed E-state index contributed by atoms with van der Waals surface area (Å²) in [5, 5.41) is 6.84. The number of nitrogens with zero attached hydrogens (tertiary/aromatic N) is 1. The van der Waals surface area contributed by atoms with Crippen LogP contribution >= 0.6 is 0 Å². The molecule has 23 aromatic rings. The zero-order chi connectivity index (χ0) is 99.9. The molecule has 720 valence electrons. The van der Waals surface area contributed by atoms with Crippen molar-refractivity contribution in [2.24, 2.45) is 0 Å². The quantitative estimate of drug-likeness (QED) is 0.0757. The predicted molar refractivity (Wildman–Crippen MR) is 623 cm³/mol. The minimum absolute atomic E-state index is 0.0206. The van der Waals surface area contributed by atoms with E-state index in [1.807, 2.05) is 0 Å². The van der Waals surface area contributed by atoms with Crippen LogP contribution < -0.4 is 4.90 Å². The minimum atomic E-state index is -0.774. The molecule has 0 atom stereocenters. The third kappa shape index (κ3) is 11.8. The van der Waals surface area contributed by atoms with Gasteiger partial charge in [0.1, 0.15) is 33.5 Å². The lowest BCUT2D eigenvalue weighted by molar-refractivity contribution is 0.399. The lowest BCUT2D eigenvalue weighted by Gasteiger charge is -2.33. The molecular formula is C146H113NO3. The van der Waals surface area contributed by atoms with Crippen molar-refractivity contribution in [1.82, 2.24) is 0 Å². The fourth-order valence-electron chi connectivity index (χ4n) is 30.4. The fraction of sp³-hybridized carbons (Fsp3) is 0.178. The second-order valence-electron chi connectivity index (χ2n) is 46.0. The molecule has 31 rings (SSSR count). The zero-order valence-corrected chi connectivity index (χ0v) is 86.2. The first-order valence-corrected chi connectivity index (χ1v) is 55.0. The summed E-state index contributed by atoms with van der Waals surface area (Å²) in [6.45, 7) is 19.4. The Morgan fingerprint density at radius 2 is 0.520 bits per heavy atom. The molecule has 4 heteroatoms. The van der Waals surface area contributed by atoms with Gasteiger partial charge in [-0.05, 0) is 327 Å². The van der Waals surface area contributed by atoms with Crippen LogP contribution in [0.1, 0.15) is 221 Å². The van der Waals surface area contributed by atoms with Gasteiger partial charge in [0.25, 0.3) is 0 Å². The molecule has 0 amide bonds. The Morgan fingerprint density at radius 3 is 1.03 bits per heavy atom. The maximum atomic E-state index is 7.36. The third-order valence-corrected chi connectivity index (χ3v) is 37.4. The van der Waals surface area contributed by atoms with Crippen LogP contribution in [0.4, 0.5) is 17.1 Å². The second kappa shape index (κ2) is 32.1. The highest BCUT2D eigenvalue weighted by molar-refractivity contribution is 6.22. The lowest BCUT2D eigenvalue weighted by Crippen LogP contribution is -2.27. The van der Waals surface area contributed by atoms with Crippen molar-refractivity contribution >= 4 is 82.9 Å². The normalized spacial score (nSPS) is 15.3. The van der Waals surface area contributed by atoms with Crippen LogP contribution in [0.15, 0.2) is 408 Å². The molecule has 0 radical (unpaired) electrons. The molecule has 0 bridgehead atoms. The largest absolute Gasteiger partial charge is 0.456 e. The van der Waals surface area contributed by atoms with E-state index < -0.39 is 21.7 Å². The summed E-state index contributed by atoms with van der Waals surface area (Å²) in [7, 11) is 0. The van der Waals surface area contributed by atoms with Gasteiger partial charge in [-0.25, -0.2) is 0 Å². The van der Waals surface area contributed by atoms with Crippen molar-refractivity contribution in [1.29, 1.82) is 0 Å². The summed E-state index contributed by atoms with van der Waals surface area (Å²) in [6.07, 6.45) is 15.3. The first-order chi connectivity index (χ1) is 73.6. The van der Waals surface area contributed by atoms with Crippen molar-refractivity contribution in [3.05, 3.63) is 483 Å². The molecular weight excluding hydrogens is 1820 g/mol. The summed E-state index contributed by atoms with van der Waals surface area (Å²) >= 11 is 0. The Hall–Kier alpha value is -16.4. The van der Waals surface area contributed by atoms with Crippen molar-refractivity contribution < 1.29 is 13.3 Å². The summed E-state index contributed by atoms with van der Waals surface area (Å²) in [5.41, 5.74) is 57.3. The molecule has 0 fully saturated rings. The molecule has 8 aliphatic carbocycles. The standard InChI is InChI=1S/C146H113NO3/c1-9-11-13-15-36-74-144(75-37-16-14-12-10-2)113-48-28-20-40-95(113)102-68-62-91(78-123(102)144)90-61-67-101-100-66-60-89(76-119(100)141(3,4)120(101)77-90)86-56-58-88(59-57-86)110-83-128-134(138-108-47-27-35-55-131(108)150-140(110)138)105-71-65-93(80-122(105)143(128,7)8)147(92-64-70-104-121(79-92)142(5,6)127-82-109(87-38-18-17-19-39-87)139-137(133(104)127)107-46-26-34-54-130(107)149-139)94-63-69-103-111-84-126-112(85-125(111)146(124(103)81-94)116-51-31-23-43-98(116)99-44-24-32-52-117(99)146)135-118(72-73-132-136(135)106-45-25-33-53-129(106)148-132)145(126)114-49-29-21-41-96(114)97-42-22-30-50-115(97)145/h17-35,38-73,76-85H,9-16,36-37,74-75H2,1-8H3. The van der Waals surface area contributed by atoms with E-state index in [4.69, 9.17) is 13.3 Å². The first kappa shape index (κ1) is 87.8. The highest BCUT2D eigenvalue weighted by atomic mass is 16.3. The Kier molecular flexibility index (Phi) is 18.8. The lowest BCUT2D eigenvalue weighted by atomic mass is 9.68. The second-order valence-corrected chi connectivity index (χ2v) is 46.0. The van der Waals surface area contributed by atoms with Gasteiger partial charge >= 0.3 is 0 Å². The molecule has 0 saturated carbocycles. The van der Waals surface area contributed by atoms with E-state index in [-0.39, 0.29) is 10.8 Å². The number of para-hydroxylation sites is 3. The highest BCUT2D eigenvalue weighted by Gasteiger charge is 2.58. The average molecular weight is 1930 g/mol. The number of furan rings is 3. The topological polar surface area (TPSA) is 42.7 Å². The molecule has 150 heavy (non-hydrogen) atoms. The molecule has 0 saturated heterocycles. The summed E-state index contributed by atoms with van der Waals surface area (Å²) in [5.74, 6) is 0. The van der Waals surface area contributed by atoms with Crippen LogP contribution in [-0.4, -0.2) is 0 Å². The number of rotatable bonds is 19. The number of hydrogen-bond acceptors (Lipinski definition) is 4. The number of unbranched alkanes of at least 4 members (excludes halogenated alkanes) is 8. The van der Waals surface area contributed by atoms with Crippen molar-refractivity contribution in [3.63, 3.8) is 0 Å². The van der Waals surface area contributed by atoms with Gasteiger partial charge in [0.2, 0.25) is 0 Å². The maximum Gasteiger partial charge on any atom is 0.143 e. The third-order valence-electron chi connectivity index (χ3n) is 37.4. The SMILES string of the molecule is CCCCCCCC1(CCCCCCC)c2ccccc2-c2ccc(-c3ccc4c(c3)C(C)(C)c3cc(-c5ccc(-c6cc7c(c8c6oc6ccccc68)-c6ccc(N(c8ccc9c(c8)C(C)(C)c8cc(-c%10ccccc%10)c%10oc%11ccccc%11c%10c8-9)c8ccc9c(c8)C8(c%10ccccc%10-c%10ccccc%108)c8cc%10c(cc8-9)C8(c9ccccc9-c9ccccc98)c8ccc9oc%11ccccc%11c9c8-%10)cc6C7(C)C)cc5)ccc3-4)cc21. The number of hydrogen-bond donors (Lipinski definition) is 0. The molecule has 0 aliphatic heterocycles. The van der Waals surface area contributed by atoms with Crippen LogP contribution in [-0.2, 0) is 32.5 Å². The first-order valence-electron chi connectivity index (χ1n) is 55.0. The monoisotopic (exact) mass is 1930 g/mol. The van der Waals surface area contributed by atoms with Crippen molar-refractivity contribution in [2.45, 2.75) is 165 Å². The van der Waals surface area contributed by atoms with Crippen molar-refractivity contribution in [3.8, 4) is 134 Å². The van der Waals surface area contributed by atoms with Crippen LogP contribution in [0.25, 0.3) is 199 Å². The number of fused-ring (bicyclic) bond motifs is 44. The Morgan fingerprint density at radius 1 is 0.193 bits per heavy atom. The minimum Gasteiger partial charge on any atom is -0.456 e. The summed E-state index contributed by atoms with van der Waals surface area (Å²) in [6, 6.07) is 153. The van der Waals surface area contributed by atoms with E-state index >= 15 is 0 Å². The van der Waals surface area contributed by atoms with E-state index in [0.717, 1.165) is 105 Å². The highest BCUT2D eigenvalue weighted by Crippen LogP contribution is 2.71. The maximum absolute atomic E-state index is 7.36. The predicted octanol–water partition coefficient (Wildman–Crippen LogP) is 40.1. The smallest absolute Gasteiger partial charge is 0.143 e. The van der Waals surface area contributed by atoms with Gasteiger partial charge in [-0.3, -0.25) is 0 Å². The number of anilines is 3. The summed E-state index contributed by atoms with van der Waals surface area (Å²) in [4.78, 5) is 2.62. The van der Waals surface area contributed by atoms with Crippen LogP contribution in [0.3, 0.4) is 0 Å². The molecule has 3 heterocycles. The Labute approximate surface area is 876 Å². The van der Waals surface area contributed by atoms with Crippen LogP contribution in [0.2, 0.25) is 0 Å². The molecule has 2 spiro atoms. The number of benzene rings is 20.